The molecule has 1 fully saturated rings. The number of halogens is 1. The van der Waals surface area contributed by atoms with Crippen LogP contribution >= 0.6 is 12.4 Å². The maximum Gasteiger partial charge on any atom is 0.181 e. The maximum atomic E-state index is 6.07. The van der Waals surface area contributed by atoms with Crippen LogP contribution in [0.15, 0.2) is 36.7 Å². The van der Waals surface area contributed by atoms with E-state index in [1.165, 1.54) is 0 Å². The molecule has 0 unspecified atom stereocenters. The third-order valence-electron chi connectivity index (χ3n) is 5.78. The van der Waals surface area contributed by atoms with Gasteiger partial charge < -0.3 is 24.7 Å². The highest BCUT2D eigenvalue weighted by atomic mass is 35.5. The van der Waals surface area contributed by atoms with Gasteiger partial charge >= 0.3 is 0 Å². The third kappa shape index (κ3) is 4.62. The minimum Gasteiger partial charge on any atom is -0.383 e. The molecule has 0 spiro atoms. The van der Waals surface area contributed by atoms with Crippen LogP contribution in [-0.2, 0) is 22.6 Å². The number of rotatable bonds is 7. The topological polar surface area (TPSA) is 109 Å². The molecule has 3 aromatic heterocycles. The molecule has 1 aromatic carbocycles. The van der Waals surface area contributed by atoms with Gasteiger partial charge in [-0.3, -0.25) is 0 Å². The summed E-state index contributed by atoms with van der Waals surface area (Å²) in [6, 6.07) is 10.1. The van der Waals surface area contributed by atoms with Crippen LogP contribution in [0.3, 0.4) is 0 Å². The zero-order chi connectivity index (χ0) is 22.8. The van der Waals surface area contributed by atoms with Crippen molar-refractivity contribution in [3.8, 4) is 17.2 Å². The lowest BCUT2D eigenvalue weighted by Gasteiger charge is -2.29. The first-order chi connectivity index (χ1) is 16.2. The van der Waals surface area contributed by atoms with Crippen LogP contribution in [0.2, 0.25) is 0 Å². The van der Waals surface area contributed by atoms with Crippen LogP contribution in [0.1, 0.15) is 11.4 Å². The Labute approximate surface area is 204 Å². The van der Waals surface area contributed by atoms with Crippen molar-refractivity contribution in [1.82, 2.24) is 29.3 Å². The standard InChI is InChI=1S/C23H28N8O2.ClH/c1-16-4-3-5-17(12-16)22-26-20(14-24)31(28-22)19-13-18(29-7-10-33-11-8-29)21-23(27-19)30(15-25-21)6-9-32-2;/h3-5,12-13,15H,6-11,14,24H2,1-2H3;1H. The molecule has 0 aliphatic carbocycles. The number of aryl methyl sites for hydroxylation is 1. The van der Waals surface area contributed by atoms with Gasteiger partial charge in [0.05, 0.1) is 38.4 Å². The number of hydrogen-bond acceptors (Lipinski definition) is 8. The van der Waals surface area contributed by atoms with Gasteiger partial charge in [0.25, 0.3) is 0 Å². The van der Waals surface area contributed by atoms with Crippen LogP contribution < -0.4 is 10.6 Å². The highest BCUT2D eigenvalue weighted by Gasteiger charge is 2.21. The van der Waals surface area contributed by atoms with E-state index in [0.717, 1.165) is 41.1 Å². The number of nitrogens with two attached hydrogens (primary N) is 1. The van der Waals surface area contributed by atoms with E-state index in [2.05, 4.69) is 28.9 Å². The van der Waals surface area contributed by atoms with Crippen molar-refractivity contribution in [2.45, 2.75) is 20.0 Å². The minimum absolute atomic E-state index is 0. The quantitative estimate of drug-likeness (QED) is 0.425. The van der Waals surface area contributed by atoms with Crippen molar-refractivity contribution in [2.75, 3.05) is 44.9 Å². The molecule has 1 aliphatic heterocycles. The van der Waals surface area contributed by atoms with E-state index in [0.29, 0.717) is 43.8 Å². The second kappa shape index (κ2) is 10.5. The summed E-state index contributed by atoms with van der Waals surface area (Å²) in [5.41, 5.74) is 10.8. The van der Waals surface area contributed by atoms with Crippen molar-refractivity contribution in [3.05, 3.63) is 48.0 Å². The monoisotopic (exact) mass is 484 g/mol. The lowest BCUT2D eigenvalue weighted by atomic mass is 10.1. The van der Waals surface area contributed by atoms with E-state index in [1.807, 2.05) is 29.1 Å². The van der Waals surface area contributed by atoms with Gasteiger partial charge in [0.15, 0.2) is 17.3 Å². The van der Waals surface area contributed by atoms with Gasteiger partial charge in [0, 0.05) is 38.4 Å². The van der Waals surface area contributed by atoms with Gasteiger partial charge in [-0.15, -0.1) is 17.5 Å². The summed E-state index contributed by atoms with van der Waals surface area (Å²) in [6.45, 7) is 6.46. The molecule has 0 radical (unpaired) electrons. The number of morpholine rings is 1. The summed E-state index contributed by atoms with van der Waals surface area (Å²) >= 11 is 0. The number of fused-ring (bicyclic) bond motifs is 1. The molecule has 1 saturated heterocycles. The molecule has 5 rings (SSSR count). The van der Waals surface area contributed by atoms with Crippen LogP contribution in [0.25, 0.3) is 28.4 Å². The predicted octanol–water partition coefficient (Wildman–Crippen LogP) is 2.35. The third-order valence-corrected chi connectivity index (χ3v) is 5.78. The predicted molar refractivity (Wildman–Crippen MR) is 133 cm³/mol. The molecule has 2 N–H and O–H groups in total. The Kier molecular flexibility index (Phi) is 7.42. The second-order valence-electron chi connectivity index (χ2n) is 8.04. The molecule has 0 amide bonds. The van der Waals surface area contributed by atoms with E-state index in [9.17, 15) is 0 Å². The summed E-state index contributed by atoms with van der Waals surface area (Å²) in [6.07, 6.45) is 1.81. The lowest BCUT2D eigenvalue weighted by molar-refractivity contribution is 0.123. The maximum absolute atomic E-state index is 6.07. The van der Waals surface area contributed by atoms with Gasteiger partial charge in [0.1, 0.15) is 11.3 Å². The Balaban J connectivity index is 0.00000274. The van der Waals surface area contributed by atoms with E-state index in [-0.39, 0.29) is 19.0 Å². The number of imidazole rings is 1. The zero-order valence-corrected chi connectivity index (χ0v) is 20.2. The number of benzene rings is 1. The van der Waals surface area contributed by atoms with Crippen molar-refractivity contribution >= 4 is 29.3 Å². The fraction of sp³-hybridized carbons (Fsp3) is 0.391. The van der Waals surface area contributed by atoms with E-state index in [1.54, 1.807) is 11.8 Å². The van der Waals surface area contributed by atoms with E-state index < -0.39 is 0 Å². The first kappa shape index (κ1) is 24.1. The molecule has 180 valence electrons. The fourth-order valence-electron chi connectivity index (χ4n) is 4.08. The number of hydrogen-bond donors (Lipinski definition) is 1. The van der Waals surface area contributed by atoms with Crippen molar-refractivity contribution in [1.29, 1.82) is 0 Å². The van der Waals surface area contributed by atoms with Crippen molar-refractivity contribution in [2.24, 2.45) is 5.73 Å². The van der Waals surface area contributed by atoms with Crippen LogP contribution in [0, 0.1) is 6.92 Å². The summed E-state index contributed by atoms with van der Waals surface area (Å²) in [7, 11) is 1.69. The highest BCUT2D eigenvalue weighted by molar-refractivity contribution is 5.87. The molecule has 1 aliphatic rings. The van der Waals surface area contributed by atoms with Crippen LogP contribution in [0.4, 0.5) is 5.69 Å². The molecule has 4 aromatic rings. The summed E-state index contributed by atoms with van der Waals surface area (Å²) < 4.78 is 14.6. The number of anilines is 1. The molecule has 10 nitrogen and oxygen atoms in total. The largest absolute Gasteiger partial charge is 0.383 e. The molecule has 4 heterocycles. The average Bonchev–Trinajstić information content (AvgIpc) is 3.47. The Morgan fingerprint density at radius 2 is 1.97 bits per heavy atom. The average molecular weight is 485 g/mol. The molecule has 11 heteroatoms. The van der Waals surface area contributed by atoms with Gasteiger partial charge in [-0.25, -0.2) is 15.0 Å². The number of nitrogens with zero attached hydrogens (tertiary/aromatic N) is 7. The summed E-state index contributed by atoms with van der Waals surface area (Å²) in [5.74, 6) is 1.94. The van der Waals surface area contributed by atoms with E-state index in [4.69, 9.17) is 30.3 Å². The van der Waals surface area contributed by atoms with Crippen LogP contribution in [-0.4, -0.2) is 69.3 Å². The van der Waals surface area contributed by atoms with Crippen molar-refractivity contribution in [3.63, 3.8) is 0 Å². The number of ether oxygens (including phenoxy) is 2. The van der Waals surface area contributed by atoms with Crippen molar-refractivity contribution < 1.29 is 9.47 Å². The molecule has 34 heavy (non-hydrogen) atoms. The summed E-state index contributed by atoms with van der Waals surface area (Å²) in [5, 5.41) is 4.80. The summed E-state index contributed by atoms with van der Waals surface area (Å²) in [4.78, 5) is 16.6. The van der Waals surface area contributed by atoms with E-state index >= 15 is 0 Å². The SMILES string of the molecule is COCCn1cnc2c(N3CCOCC3)cc(-n3nc(-c4cccc(C)c4)nc3CN)nc21.Cl. The normalized spacial score (nSPS) is 13.9. The smallest absolute Gasteiger partial charge is 0.181 e. The molecular weight excluding hydrogens is 456 g/mol. The molecule has 0 bridgehead atoms. The Morgan fingerprint density at radius 3 is 2.71 bits per heavy atom. The number of methoxy groups -OCH3 is 1. The zero-order valence-electron chi connectivity index (χ0n) is 19.3. The first-order valence-electron chi connectivity index (χ1n) is 11.1. The Hall–Kier alpha value is -3.05. The fourth-order valence-corrected chi connectivity index (χ4v) is 4.08. The van der Waals surface area contributed by atoms with Gasteiger partial charge in [-0.05, 0) is 13.0 Å². The van der Waals surface area contributed by atoms with Gasteiger partial charge in [0.2, 0.25) is 0 Å². The Morgan fingerprint density at radius 1 is 1.15 bits per heavy atom. The second-order valence-corrected chi connectivity index (χ2v) is 8.04. The first-order valence-corrected chi connectivity index (χ1v) is 11.1. The Bertz CT molecular complexity index is 1270. The highest BCUT2D eigenvalue weighted by Crippen LogP contribution is 2.29. The van der Waals surface area contributed by atoms with Crippen LogP contribution in [0.5, 0.6) is 0 Å². The molecule has 0 saturated carbocycles. The van der Waals surface area contributed by atoms with Gasteiger partial charge in [-0.1, -0.05) is 23.8 Å². The molecular formula is C23H29ClN8O2. The lowest BCUT2D eigenvalue weighted by Crippen LogP contribution is -2.36. The molecule has 0 atom stereocenters. The minimum atomic E-state index is 0. The number of aromatic nitrogens is 6. The number of pyridine rings is 1. The van der Waals surface area contributed by atoms with Gasteiger partial charge in [-0.2, -0.15) is 4.68 Å².